The van der Waals surface area contributed by atoms with E-state index in [0.717, 1.165) is 6.04 Å². The molecule has 0 unspecified atom stereocenters. The van der Waals surface area contributed by atoms with Gasteiger partial charge in [0.15, 0.2) is 0 Å². The van der Waals surface area contributed by atoms with Crippen LogP contribution in [-0.2, 0) is 9.53 Å². The molecule has 0 saturated heterocycles. The molecule has 0 amide bonds. The number of esters is 1. The van der Waals surface area contributed by atoms with Crippen LogP contribution in [0.1, 0.15) is 31.9 Å². The second kappa shape index (κ2) is 10.4. The summed E-state index contributed by atoms with van der Waals surface area (Å²) < 4.78 is 5.28. The fourth-order valence-corrected chi connectivity index (χ4v) is 10.9. The van der Waals surface area contributed by atoms with Gasteiger partial charge in [-0.1, -0.05) is 120 Å². The van der Waals surface area contributed by atoms with Gasteiger partial charge in [0.1, 0.15) is 8.07 Å². The van der Waals surface area contributed by atoms with Gasteiger partial charge in [-0.05, 0) is 25.5 Å². The Bertz CT molecular complexity index is 957. The summed E-state index contributed by atoms with van der Waals surface area (Å²) >= 11 is 0. The largest absolute Gasteiger partial charge is 0.469 e. The van der Waals surface area contributed by atoms with E-state index >= 15 is 0 Å². The molecule has 0 spiro atoms. The number of ether oxygens (including phenoxy) is 1. The summed E-state index contributed by atoms with van der Waals surface area (Å²) in [6.45, 7) is 6.34. The molecule has 3 rings (SSSR count). The average Bonchev–Trinajstić information content (AvgIpc) is 2.84. The maximum absolute atomic E-state index is 13.0. The van der Waals surface area contributed by atoms with Gasteiger partial charge in [0, 0.05) is 5.54 Å². The number of carbonyl (C=O) groups excluding carboxylic acids is 1. The van der Waals surface area contributed by atoms with E-state index in [1.165, 1.54) is 28.6 Å². The van der Waals surface area contributed by atoms with Crippen molar-refractivity contribution in [2.45, 2.75) is 32.4 Å². The van der Waals surface area contributed by atoms with Gasteiger partial charge in [-0.2, -0.15) is 0 Å². The first-order valence-electron chi connectivity index (χ1n) is 10.9. The lowest BCUT2D eigenvalue weighted by atomic mass is 10.0. The Morgan fingerprint density at radius 3 is 1.74 bits per heavy atom. The molecule has 0 saturated carbocycles. The molecule has 0 aromatic heterocycles. The molecule has 3 aromatic carbocycles. The smallest absolute Gasteiger partial charge is 0.308 e. The van der Waals surface area contributed by atoms with Gasteiger partial charge in [-0.25, -0.2) is 0 Å². The molecular formula is C28H32O2Si. The molecule has 0 fully saturated rings. The van der Waals surface area contributed by atoms with E-state index in [9.17, 15) is 4.79 Å². The minimum Gasteiger partial charge on any atom is -0.469 e. The standard InChI is InChI=1S/C28H32O2Si/c1-5-22(2)21-31(25-17-11-7-12-18-25,26-19-13-8-14-20-26)27(23(3)28(29)30-4)24-15-9-6-10-16-24/h5-20,23,27H,21H2,1-4H3/b22-5-/t23-,27+/m0/s1. The Balaban J connectivity index is 2.41. The van der Waals surface area contributed by atoms with Crippen LogP contribution in [-0.4, -0.2) is 21.2 Å². The molecule has 2 atom stereocenters. The molecule has 0 N–H and O–H groups in total. The molecular weight excluding hydrogens is 396 g/mol. The number of allylic oxidation sites excluding steroid dienone is 2. The molecule has 31 heavy (non-hydrogen) atoms. The highest BCUT2D eigenvalue weighted by Gasteiger charge is 2.49. The lowest BCUT2D eigenvalue weighted by molar-refractivity contribution is -0.145. The van der Waals surface area contributed by atoms with Crippen molar-refractivity contribution in [2.75, 3.05) is 7.11 Å². The molecule has 3 aromatic rings. The van der Waals surface area contributed by atoms with Crippen LogP contribution in [0.15, 0.2) is 103 Å². The Labute approximate surface area is 187 Å². The van der Waals surface area contributed by atoms with Gasteiger partial charge < -0.3 is 4.74 Å². The van der Waals surface area contributed by atoms with Gasteiger partial charge in [0.05, 0.1) is 13.0 Å². The lowest BCUT2D eigenvalue weighted by Gasteiger charge is -2.43. The third-order valence-electron chi connectivity index (χ3n) is 6.39. The summed E-state index contributed by atoms with van der Waals surface area (Å²) in [5.41, 5.74) is 2.57. The van der Waals surface area contributed by atoms with Crippen molar-refractivity contribution >= 4 is 24.4 Å². The third kappa shape index (κ3) is 4.72. The summed E-state index contributed by atoms with van der Waals surface area (Å²) in [5, 5.41) is 2.68. The zero-order valence-electron chi connectivity index (χ0n) is 18.9. The van der Waals surface area contributed by atoms with Gasteiger partial charge >= 0.3 is 5.97 Å². The molecule has 0 radical (unpaired) electrons. The van der Waals surface area contributed by atoms with E-state index in [4.69, 9.17) is 4.74 Å². The molecule has 0 aliphatic rings. The minimum atomic E-state index is -2.51. The monoisotopic (exact) mass is 428 g/mol. The van der Waals surface area contributed by atoms with Crippen molar-refractivity contribution in [3.05, 3.63) is 108 Å². The first kappa shape index (κ1) is 22.8. The zero-order valence-corrected chi connectivity index (χ0v) is 19.9. The van der Waals surface area contributed by atoms with Gasteiger partial charge in [0.2, 0.25) is 0 Å². The molecule has 3 heteroatoms. The van der Waals surface area contributed by atoms with Gasteiger partial charge in [-0.3, -0.25) is 4.79 Å². The highest BCUT2D eigenvalue weighted by molar-refractivity contribution is 7.03. The number of hydrogen-bond acceptors (Lipinski definition) is 2. The fraction of sp³-hybridized carbons (Fsp3) is 0.250. The summed E-state index contributed by atoms with van der Waals surface area (Å²) in [7, 11) is -1.02. The Morgan fingerprint density at radius 1 is 0.871 bits per heavy atom. The zero-order chi connectivity index (χ0) is 22.3. The summed E-state index contributed by atoms with van der Waals surface area (Å²) in [5.74, 6) is -0.431. The van der Waals surface area contributed by atoms with E-state index in [1.54, 1.807) is 0 Å². The number of methoxy groups -OCH3 is 1. The van der Waals surface area contributed by atoms with Crippen molar-refractivity contribution in [3.63, 3.8) is 0 Å². The first-order valence-corrected chi connectivity index (χ1v) is 13.2. The second-order valence-corrected chi connectivity index (χ2v) is 12.3. The van der Waals surface area contributed by atoms with Crippen LogP contribution in [0.4, 0.5) is 0 Å². The molecule has 0 aliphatic carbocycles. The van der Waals surface area contributed by atoms with E-state index in [1.807, 2.05) is 13.0 Å². The summed E-state index contributed by atoms with van der Waals surface area (Å²) in [6.07, 6.45) is 2.21. The third-order valence-corrected chi connectivity index (χ3v) is 12.1. The van der Waals surface area contributed by atoms with Crippen molar-refractivity contribution in [1.82, 2.24) is 0 Å². The predicted octanol–water partition coefficient (Wildman–Crippen LogP) is 5.35. The van der Waals surface area contributed by atoms with Crippen LogP contribution in [0.3, 0.4) is 0 Å². The lowest BCUT2D eigenvalue weighted by Crippen LogP contribution is -2.64. The Kier molecular flexibility index (Phi) is 7.64. The van der Waals surface area contributed by atoms with Crippen LogP contribution in [0.5, 0.6) is 0 Å². The number of rotatable bonds is 8. The maximum Gasteiger partial charge on any atom is 0.308 e. The molecule has 2 nitrogen and oxygen atoms in total. The number of benzene rings is 3. The topological polar surface area (TPSA) is 26.3 Å². The van der Waals surface area contributed by atoms with Gasteiger partial charge in [0.25, 0.3) is 0 Å². The van der Waals surface area contributed by atoms with Gasteiger partial charge in [-0.15, -0.1) is 0 Å². The maximum atomic E-state index is 13.0. The Morgan fingerprint density at radius 2 is 1.32 bits per heavy atom. The number of hydrogen-bond donors (Lipinski definition) is 0. The van der Waals surface area contributed by atoms with Crippen LogP contribution >= 0.6 is 0 Å². The highest BCUT2D eigenvalue weighted by atomic mass is 28.3. The fourth-order valence-electron chi connectivity index (χ4n) is 4.84. The van der Waals surface area contributed by atoms with Crippen molar-refractivity contribution in [2.24, 2.45) is 5.92 Å². The van der Waals surface area contributed by atoms with Crippen molar-refractivity contribution in [3.8, 4) is 0 Å². The summed E-state index contributed by atoms with van der Waals surface area (Å²) in [4.78, 5) is 13.0. The minimum absolute atomic E-state index is 0.0286. The average molecular weight is 429 g/mol. The van der Waals surface area contributed by atoms with E-state index in [2.05, 4.69) is 105 Å². The highest BCUT2D eigenvalue weighted by Crippen LogP contribution is 2.38. The van der Waals surface area contributed by atoms with E-state index in [-0.39, 0.29) is 17.4 Å². The molecule has 160 valence electrons. The van der Waals surface area contributed by atoms with Crippen LogP contribution in [0, 0.1) is 5.92 Å². The van der Waals surface area contributed by atoms with Crippen LogP contribution < -0.4 is 10.4 Å². The normalized spacial score (nSPS) is 14.0. The molecule has 0 bridgehead atoms. The molecule has 0 heterocycles. The Hall–Kier alpha value is -2.91. The predicted molar refractivity (Wildman–Crippen MR) is 133 cm³/mol. The second-order valence-electron chi connectivity index (χ2n) is 8.22. The van der Waals surface area contributed by atoms with E-state index in [0.29, 0.717) is 0 Å². The van der Waals surface area contributed by atoms with Crippen molar-refractivity contribution < 1.29 is 9.53 Å². The first-order chi connectivity index (χ1) is 15.0. The van der Waals surface area contributed by atoms with Crippen molar-refractivity contribution in [1.29, 1.82) is 0 Å². The summed E-state index contributed by atoms with van der Waals surface area (Å²) in [6, 6.07) is 33.1. The van der Waals surface area contributed by atoms with Crippen LogP contribution in [0.2, 0.25) is 6.04 Å². The van der Waals surface area contributed by atoms with Crippen LogP contribution in [0.25, 0.3) is 0 Å². The van der Waals surface area contributed by atoms with E-state index < -0.39 is 8.07 Å². The molecule has 0 aliphatic heterocycles. The quantitative estimate of drug-likeness (QED) is 0.275. The SMILES string of the molecule is C/C=C(/C)C[Si](c1ccccc1)(c1ccccc1)[C@@H](c1ccccc1)[C@H](C)C(=O)OC. The number of carbonyl (C=O) groups is 1.